The normalized spacial score (nSPS) is 13.1. The van der Waals surface area contributed by atoms with E-state index in [1.807, 2.05) is 20.8 Å². The minimum absolute atomic E-state index is 0.142. The molecular weight excluding hydrogens is 230 g/mol. The van der Waals surface area contributed by atoms with Gasteiger partial charge in [-0.15, -0.1) is 0 Å². The van der Waals surface area contributed by atoms with Crippen LogP contribution in [0, 0.1) is 5.92 Å². The fourth-order valence-electron chi connectivity index (χ4n) is 1.14. The molecule has 0 unspecified atom stereocenters. The van der Waals surface area contributed by atoms with E-state index in [1.54, 1.807) is 0 Å². The number of nitrogens with two attached hydrogens (primary N) is 1. The van der Waals surface area contributed by atoms with Crippen molar-refractivity contribution in [2.75, 3.05) is 6.54 Å². The molecule has 0 bridgehead atoms. The minimum atomic E-state index is -0.142. The number of nitrogens with one attached hydrogen (secondary N) is 1. The first-order valence-electron chi connectivity index (χ1n) is 6.16. The third-order valence-electron chi connectivity index (χ3n) is 2.19. The second kappa shape index (κ2) is 5.84. The molecule has 0 saturated carbocycles. The molecule has 0 radical (unpaired) electrons. The van der Waals surface area contributed by atoms with Crippen LogP contribution in [0.5, 0.6) is 0 Å². The zero-order chi connectivity index (χ0) is 13.8. The van der Waals surface area contributed by atoms with E-state index >= 15 is 0 Å². The molecule has 0 amide bonds. The molecule has 0 aliphatic heterocycles. The summed E-state index contributed by atoms with van der Waals surface area (Å²) in [7, 11) is 0. The Hall–Kier alpha value is -1.59. The van der Waals surface area contributed by atoms with Crippen molar-refractivity contribution in [2.45, 2.75) is 46.6 Å². The predicted molar refractivity (Wildman–Crippen MR) is 71.2 cm³/mol. The van der Waals surface area contributed by atoms with Gasteiger partial charge in [-0.1, -0.05) is 39.8 Å². The third-order valence-corrected chi connectivity index (χ3v) is 2.19. The van der Waals surface area contributed by atoms with E-state index in [9.17, 15) is 0 Å². The number of hydrogen-bond donors (Lipinski definition) is 2. The van der Waals surface area contributed by atoms with E-state index in [0.717, 1.165) is 6.54 Å². The SMILES string of the molecule is CC(C)CNC(N)=NCc1noc(C(C)(C)C)n1. The number of hydrogen-bond acceptors (Lipinski definition) is 4. The van der Waals surface area contributed by atoms with Crippen LogP contribution in [0.4, 0.5) is 0 Å². The highest BCUT2D eigenvalue weighted by Gasteiger charge is 2.21. The molecule has 0 saturated heterocycles. The number of nitrogens with zero attached hydrogens (tertiary/aromatic N) is 3. The van der Waals surface area contributed by atoms with Gasteiger partial charge >= 0.3 is 0 Å². The molecule has 0 aliphatic rings. The van der Waals surface area contributed by atoms with Crippen LogP contribution in [0.2, 0.25) is 0 Å². The second-order valence-corrected chi connectivity index (χ2v) is 5.74. The third kappa shape index (κ3) is 4.73. The van der Waals surface area contributed by atoms with E-state index < -0.39 is 0 Å². The summed E-state index contributed by atoms with van der Waals surface area (Å²) in [5.74, 6) is 2.10. The van der Waals surface area contributed by atoms with Crippen molar-refractivity contribution >= 4 is 5.96 Å². The lowest BCUT2D eigenvalue weighted by atomic mass is 9.97. The molecule has 0 aliphatic carbocycles. The molecule has 1 heterocycles. The van der Waals surface area contributed by atoms with Crippen LogP contribution in [0.25, 0.3) is 0 Å². The van der Waals surface area contributed by atoms with Crippen LogP contribution in [0.1, 0.15) is 46.3 Å². The Balaban J connectivity index is 2.53. The van der Waals surface area contributed by atoms with Gasteiger partial charge in [-0.05, 0) is 5.92 Å². The molecule has 6 nitrogen and oxygen atoms in total. The average Bonchev–Trinajstić information content (AvgIpc) is 2.71. The van der Waals surface area contributed by atoms with Crippen LogP contribution >= 0.6 is 0 Å². The van der Waals surface area contributed by atoms with Gasteiger partial charge in [0.25, 0.3) is 0 Å². The van der Waals surface area contributed by atoms with Crippen molar-refractivity contribution in [3.63, 3.8) is 0 Å². The molecule has 0 spiro atoms. The van der Waals surface area contributed by atoms with Gasteiger partial charge in [0.2, 0.25) is 5.89 Å². The maximum atomic E-state index is 5.72. The van der Waals surface area contributed by atoms with Gasteiger partial charge in [-0.25, -0.2) is 4.99 Å². The molecule has 0 fully saturated rings. The Bertz CT molecular complexity index is 403. The lowest BCUT2D eigenvalue weighted by Crippen LogP contribution is -2.34. The highest BCUT2D eigenvalue weighted by molar-refractivity contribution is 5.77. The first-order chi connectivity index (χ1) is 8.29. The predicted octanol–water partition coefficient (Wildman–Crippen LogP) is 1.43. The molecule has 6 heteroatoms. The molecule has 3 N–H and O–H groups in total. The minimum Gasteiger partial charge on any atom is -0.370 e. The van der Waals surface area contributed by atoms with Gasteiger partial charge in [-0.3, -0.25) is 0 Å². The summed E-state index contributed by atoms with van der Waals surface area (Å²) in [4.78, 5) is 8.44. The first-order valence-corrected chi connectivity index (χ1v) is 6.16. The van der Waals surface area contributed by atoms with Crippen LogP contribution < -0.4 is 11.1 Å². The number of aliphatic imine (C=N–C) groups is 1. The van der Waals surface area contributed by atoms with Gasteiger partial charge in [0.05, 0.1) is 0 Å². The Kier molecular flexibility index (Phi) is 4.69. The number of guanidine groups is 1. The van der Waals surface area contributed by atoms with Crippen molar-refractivity contribution in [1.82, 2.24) is 15.5 Å². The van der Waals surface area contributed by atoms with Gasteiger partial charge in [0.15, 0.2) is 11.8 Å². The maximum absolute atomic E-state index is 5.72. The Morgan fingerprint density at radius 2 is 2.11 bits per heavy atom. The average molecular weight is 253 g/mol. The summed E-state index contributed by atoms with van der Waals surface area (Å²) in [6.45, 7) is 11.4. The van der Waals surface area contributed by atoms with E-state index in [2.05, 4.69) is 34.3 Å². The summed E-state index contributed by atoms with van der Waals surface area (Å²) in [6.07, 6.45) is 0. The largest absolute Gasteiger partial charge is 0.370 e. The molecule has 0 aromatic carbocycles. The van der Waals surface area contributed by atoms with E-state index in [4.69, 9.17) is 10.3 Å². The Labute approximate surface area is 108 Å². The van der Waals surface area contributed by atoms with Crippen molar-refractivity contribution < 1.29 is 4.52 Å². The van der Waals surface area contributed by atoms with E-state index in [1.165, 1.54) is 0 Å². The highest BCUT2D eigenvalue weighted by atomic mass is 16.5. The van der Waals surface area contributed by atoms with Gasteiger partial charge in [0, 0.05) is 12.0 Å². The lowest BCUT2D eigenvalue weighted by Gasteiger charge is -2.10. The molecule has 18 heavy (non-hydrogen) atoms. The maximum Gasteiger partial charge on any atom is 0.232 e. The topological polar surface area (TPSA) is 89.3 Å². The fraction of sp³-hybridized carbons (Fsp3) is 0.750. The molecular formula is C12H23N5O. The van der Waals surface area contributed by atoms with Crippen LogP contribution in [-0.2, 0) is 12.0 Å². The van der Waals surface area contributed by atoms with Crippen molar-refractivity contribution in [2.24, 2.45) is 16.6 Å². The smallest absolute Gasteiger partial charge is 0.232 e. The van der Waals surface area contributed by atoms with Crippen molar-refractivity contribution in [1.29, 1.82) is 0 Å². The second-order valence-electron chi connectivity index (χ2n) is 5.74. The van der Waals surface area contributed by atoms with Crippen molar-refractivity contribution in [3.05, 3.63) is 11.7 Å². The van der Waals surface area contributed by atoms with Crippen LogP contribution in [-0.4, -0.2) is 22.6 Å². The Morgan fingerprint density at radius 3 is 2.61 bits per heavy atom. The standard InChI is InChI=1S/C12H23N5O/c1-8(2)6-14-11(13)15-7-9-16-10(18-17-9)12(3,4)5/h8H,6-7H2,1-5H3,(H3,13,14,15). The lowest BCUT2D eigenvalue weighted by molar-refractivity contribution is 0.318. The Morgan fingerprint density at radius 1 is 1.44 bits per heavy atom. The van der Waals surface area contributed by atoms with Gasteiger partial charge in [0.1, 0.15) is 6.54 Å². The zero-order valence-electron chi connectivity index (χ0n) is 11.8. The zero-order valence-corrected chi connectivity index (χ0v) is 11.8. The molecule has 0 atom stereocenters. The van der Waals surface area contributed by atoms with Gasteiger partial charge in [-0.2, -0.15) is 4.98 Å². The molecule has 102 valence electrons. The summed E-state index contributed by atoms with van der Waals surface area (Å²) >= 11 is 0. The summed E-state index contributed by atoms with van der Waals surface area (Å²) in [6, 6.07) is 0. The molecule has 1 rings (SSSR count). The van der Waals surface area contributed by atoms with Crippen LogP contribution in [0.3, 0.4) is 0 Å². The highest BCUT2D eigenvalue weighted by Crippen LogP contribution is 2.19. The summed E-state index contributed by atoms with van der Waals surface area (Å²) < 4.78 is 5.17. The summed E-state index contributed by atoms with van der Waals surface area (Å²) in [5, 5.41) is 6.90. The van der Waals surface area contributed by atoms with Gasteiger partial charge < -0.3 is 15.6 Å². The van der Waals surface area contributed by atoms with Crippen molar-refractivity contribution in [3.8, 4) is 0 Å². The monoisotopic (exact) mass is 253 g/mol. The van der Waals surface area contributed by atoms with Crippen LogP contribution in [0.15, 0.2) is 9.52 Å². The fourth-order valence-corrected chi connectivity index (χ4v) is 1.14. The molecule has 1 aromatic heterocycles. The van der Waals surface area contributed by atoms with E-state index in [0.29, 0.717) is 30.1 Å². The number of rotatable bonds is 4. The summed E-state index contributed by atoms with van der Waals surface area (Å²) in [5.41, 5.74) is 5.57. The number of aromatic nitrogens is 2. The van der Waals surface area contributed by atoms with E-state index in [-0.39, 0.29) is 5.41 Å². The quantitative estimate of drug-likeness (QED) is 0.626. The molecule has 1 aromatic rings. The first kappa shape index (κ1) is 14.5.